The predicted molar refractivity (Wildman–Crippen MR) is 67.4 cm³/mol. The zero-order chi connectivity index (χ0) is 14.9. The normalized spacial score (nSPS) is 10.6. The van der Waals surface area contributed by atoms with Gasteiger partial charge in [-0.05, 0) is 19.9 Å². The number of aromatic carboxylic acids is 1. The molecule has 2 heterocycles. The molecule has 0 aromatic carbocycles. The van der Waals surface area contributed by atoms with Crippen molar-refractivity contribution in [2.75, 3.05) is 7.05 Å². The summed E-state index contributed by atoms with van der Waals surface area (Å²) in [4.78, 5) is 28.2. The van der Waals surface area contributed by atoms with Gasteiger partial charge in [0.05, 0.1) is 12.2 Å². The molecule has 20 heavy (non-hydrogen) atoms. The van der Waals surface area contributed by atoms with E-state index in [0.29, 0.717) is 17.2 Å². The van der Waals surface area contributed by atoms with E-state index < -0.39 is 5.97 Å². The van der Waals surface area contributed by atoms with Crippen LogP contribution in [-0.4, -0.2) is 33.9 Å². The van der Waals surface area contributed by atoms with Gasteiger partial charge in [-0.25, -0.2) is 9.78 Å². The van der Waals surface area contributed by atoms with Gasteiger partial charge in [-0.1, -0.05) is 0 Å². The number of carboxylic acid groups (broad SMARTS) is 1. The number of furan rings is 1. The number of carbonyl (C=O) groups is 2. The van der Waals surface area contributed by atoms with Crippen molar-refractivity contribution >= 4 is 11.9 Å². The molecule has 1 N–H and O–H groups in total. The van der Waals surface area contributed by atoms with Crippen LogP contribution in [0.3, 0.4) is 0 Å². The van der Waals surface area contributed by atoms with Crippen molar-refractivity contribution in [3.8, 4) is 0 Å². The van der Waals surface area contributed by atoms with E-state index in [1.54, 1.807) is 20.9 Å². The number of amides is 1. The lowest BCUT2D eigenvalue weighted by Gasteiger charge is -2.13. The largest absolute Gasteiger partial charge is 0.478 e. The third kappa shape index (κ3) is 2.56. The Bertz CT molecular complexity index is 656. The number of rotatable bonds is 4. The lowest BCUT2D eigenvalue weighted by Crippen LogP contribution is -2.26. The van der Waals surface area contributed by atoms with Gasteiger partial charge in [0.15, 0.2) is 6.39 Å². The highest BCUT2D eigenvalue weighted by molar-refractivity contribution is 5.92. The molecular weight excluding hydrogens is 264 g/mol. The maximum atomic E-state index is 12.1. The van der Waals surface area contributed by atoms with Gasteiger partial charge in [-0.3, -0.25) is 4.79 Å². The fourth-order valence-corrected chi connectivity index (χ4v) is 1.82. The summed E-state index contributed by atoms with van der Waals surface area (Å²) >= 11 is 0. The number of oxazole rings is 1. The number of nitrogens with zero attached hydrogens (tertiary/aromatic N) is 2. The van der Waals surface area contributed by atoms with Crippen molar-refractivity contribution in [3.63, 3.8) is 0 Å². The summed E-state index contributed by atoms with van der Waals surface area (Å²) in [5, 5.41) is 8.95. The summed E-state index contributed by atoms with van der Waals surface area (Å²) in [6.45, 7) is 3.38. The third-order valence-corrected chi connectivity index (χ3v) is 2.88. The zero-order valence-electron chi connectivity index (χ0n) is 11.3. The van der Waals surface area contributed by atoms with Gasteiger partial charge in [0.2, 0.25) is 5.76 Å². The molecule has 0 aliphatic heterocycles. The summed E-state index contributed by atoms with van der Waals surface area (Å²) < 4.78 is 10.3. The number of carboxylic acids is 1. The topological polar surface area (TPSA) is 96.8 Å². The van der Waals surface area contributed by atoms with Crippen molar-refractivity contribution in [1.82, 2.24) is 9.88 Å². The number of carbonyl (C=O) groups excluding carboxylic acids is 1. The molecule has 0 atom stereocenters. The maximum Gasteiger partial charge on any atom is 0.339 e. The molecule has 2 rings (SSSR count). The van der Waals surface area contributed by atoms with Crippen LogP contribution in [0, 0.1) is 13.8 Å². The molecule has 1 amide bonds. The molecule has 0 spiro atoms. The van der Waals surface area contributed by atoms with Crippen LogP contribution in [-0.2, 0) is 6.54 Å². The molecule has 7 heteroatoms. The first-order valence-electron chi connectivity index (χ1n) is 5.88. The fraction of sp³-hybridized carbons (Fsp3) is 0.308. The van der Waals surface area contributed by atoms with E-state index in [2.05, 4.69) is 4.98 Å². The van der Waals surface area contributed by atoms with Gasteiger partial charge in [0.25, 0.3) is 5.91 Å². The van der Waals surface area contributed by atoms with Gasteiger partial charge in [-0.2, -0.15) is 0 Å². The molecule has 0 aliphatic rings. The summed E-state index contributed by atoms with van der Waals surface area (Å²) in [5.41, 5.74) is 0.598. The van der Waals surface area contributed by atoms with Gasteiger partial charge in [0, 0.05) is 7.05 Å². The van der Waals surface area contributed by atoms with E-state index in [-0.39, 0.29) is 23.8 Å². The Balaban J connectivity index is 2.14. The Hall–Kier alpha value is -2.57. The molecular formula is C13H14N2O5. The number of aromatic nitrogens is 1. The van der Waals surface area contributed by atoms with E-state index in [1.807, 2.05) is 0 Å². The molecule has 7 nitrogen and oxygen atoms in total. The van der Waals surface area contributed by atoms with Crippen molar-refractivity contribution in [3.05, 3.63) is 41.0 Å². The Labute approximate surface area is 114 Å². The minimum atomic E-state index is -1.06. The first-order chi connectivity index (χ1) is 9.40. The molecule has 0 unspecified atom stereocenters. The van der Waals surface area contributed by atoms with E-state index >= 15 is 0 Å². The van der Waals surface area contributed by atoms with Crippen LogP contribution < -0.4 is 0 Å². The number of hydrogen-bond acceptors (Lipinski definition) is 5. The van der Waals surface area contributed by atoms with Crippen LogP contribution >= 0.6 is 0 Å². The summed E-state index contributed by atoms with van der Waals surface area (Å²) in [7, 11) is 1.57. The second-order valence-electron chi connectivity index (χ2n) is 4.42. The Morgan fingerprint density at radius 3 is 2.60 bits per heavy atom. The van der Waals surface area contributed by atoms with Gasteiger partial charge < -0.3 is 18.8 Å². The first kappa shape index (κ1) is 13.9. The van der Waals surface area contributed by atoms with Crippen LogP contribution in [0.25, 0.3) is 0 Å². The lowest BCUT2D eigenvalue weighted by molar-refractivity contribution is 0.0693. The predicted octanol–water partition coefficient (Wildman–Crippen LogP) is 1.85. The molecule has 0 bridgehead atoms. The van der Waals surface area contributed by atoms with Crippen molar-refractivity contribution < 1.29 is 23.5 Å². The average molecular weight is 278 g/mol. The van der Waals surface area contributed by atoms with Crippen LogP contribution in [0.15, 0.2) is 21.3 Å². The Morgan fingerprint density at radius 1 is 1.40 bits per heavy atom. The average Bonchev–Trinajstić information content (AvgIpc) is 2.94. The third-order valence-electron chi connectivity index (χ3n) is 2.88. The number of aryl methyl sites for hydroxylation is 2. The van der Waals surface area contributed by atoms with Crippen LogP contribution in [0.1, 0.15) is 38.1 Å². The number of hydrogen-bond donors (Lipinski definition) is 1. The van der Waals surface area contributed by atoms with Gasteiger partial charge in [0.1, 0.15) is 17.1 Å². The molecule has 0 saturated carbocycles. The fourth-order valence-electron chi connectivity index (χ4n) is 1.82. The summed E-state index contributed by atoms with van der Waals surface area (Å²) in [5.74, 6) is -0.533. The second-order valence-corrected chi connectivity index (χ2v) is 4.42. The summed E-state index contributed by atoms with van der Waals surface area (Å²) in [6, 6.07) is 1.41. The molecule has 2 aromatic heterocycles. The minimum absolute atomic E-state index is 0.0942. The Kier molecular flexibility index (Phi) is 3.60. The molecule has 0 saturated heterocycles. The van der Waals surface area contributed by atoms with Crippen LogP contribution in [0.5, 0.6) is 0 Å². The van der Waals surface area contributed by atoms with Crippen LogP contribution in [0.4, 0.5) is 0 Å². The van der Waals surface area contributed by atoms with Crippen molar-refractivity contribution in [2.45, 2.75) is 20.4 Å². The highest BCUT2D eigenvalue weighted by atomic mass is 16.4. The maximum absolute atomic E-state index is 12.1. The van der Waals surface area contributed by atoms with E-state index in [1.165, 1.54) is 17.4 Å². The SMILES string of the molecule is Cc1ncoc1C(=O)N(C)Cc1cc(C(=O)O)c(C)o1. The molecule has 0 aliphatic carbocycles. The quantitative estimate of drug-likeness (QED) is 0.916. The van der Waals surface area contributed by atoms with Crippen molar-refractivity contribution in [1.29, 1.82) is 0 Å². The molecule has 0 radical (unpaired) electrons. The highest BCUT2D eigenvalue weighted by Gasteiger charge is 2.21. The van der Waals surface area contributed by atoms with E-state index in [9.17, 15) is 9.59 Å². The standard InChI is InChI=1S/C13H14N2O5/c1-7-11(19-6-14-7)12(16)15(3)5-9-4-10(13(17)18)8(2)20-9/h4,6H,5H2,1-3H3,(H,17,18). The second kappa shape index (κ2) is 5.20. The van der Waals surface area contributed by atoms with E-state index in [4.69, 9.17) is 13.9 Å². The van der Waals surface area contributed by atoms with Gasteiger partial charge in [-0.15, -0.1) is 0 Å². The Morgan fingerprint density at radius 2 is 2.10 bits per heavy atom. The van der Waals surface area contributed by atoms with Gasteiger partial charge >= 0.3 is 5.97 Å². The minimum Gasteiger partial charge on any atom is -0.478 e. The van der Waals surface area contributed by atoms with Crippen molar-refractivity contribution in [2.24, 2.45) is 0 Å². The molecule has 106 valence electrons. The summed E-state index contributed by atoms with van der Waals surface area (Å²) in [6.07, 6.45) is 1.20. The lowest BCUT2D eigenvalue weighted by atomic mass is 10.2. The van der Waals surface area contributed by atoms with Crippen LogP contribution in [0.2, 0.25) is 0 Å². The first-order valence-corrected chi connectivity index (χ1v) is 5.88. The zero-order valence-corrected chi connectivity index (χ0v) is 11.3. The van der Waals surface area contributed by atoms with E-state index in [0.717, 1.165) is 0 Å². The smallest absolute Gasteiger partial charge is 0.339 e. The monoisotopic (exact) mass is 278 g/mol. The highest BCUT2D eigenvalue weighted by Crippen LogP contribution is 2.17. The molecule has 2 aromatic rings. The molecule has 0 fully saturated rings.